The van der Waals surface area contributed by atoms with E-state index in [1.54, 1.807) is 0 Å². The SMILES string of the molecule is [O-]PCCP(CCP)CCP[O-]. The maximum Gasteiger partial charge on any atom is -0.0291 e. The van der Waals surface area contributed by atoms with Crippen LogP contribution < -0.4 is 9.79 Å². The summed E-state index contributed by atoms with van der Waals surface area (Å²) in [5.74, 6) is 0. The molecule has 0 aliphatic rings. The highest BCUT2D eigenvalue weighted by Gasteiger charge is 2.03. The van der Waals surface area contributed by atoms with E-state index < -0.39 is 0 Å². The van der Waals surface area contributed by atoms with Crippen LogP contribution in [0.1, 0.15) is 0 Å². The Morgan fingerprint density at radius 1 is 1.00 bits per heavy atom. The van der Waals surface area contributed by atoms with Crippen LogP contribution in [0.4, 0.5) is 0 Å². The fourth-order valence-electron chi connectivity index (χ4n) is 0.925. The molecule has 0 saturated heterocycles. The van der Waals surface area contributed by atoms with Gasteiger partial charge in [-0.15, -0.1) is 17.2 Å². The first-order valence-electron chi connectivity index (χ1n) is 3.97. The van der Waals surface area contributed by atoms with Gasteiger partial charge in [-0.1, -0.05) is 0 Å². The molecule has 0 spiro atoms. The average Bonchev–Trinajstić information content (AvgIpc) is 2.10. The fourth-order valence-corrected chi connectivity index (χ4v) is 6.32. The van der Waals surface area contributed by atoms with Gasteiger partial charge in [0.1, 0.15) is 0 Å². The summed E-state index contributed by atoms with van der Waals surface area (Å²) in [5, 5.41) is 0. The lowest BCUT2D eigenvalue weighted by Gasteiger charge is -2.18. The average molecular weight is 244 g/mol. The van der Waals surface area contributed by atoms with Crippen LogP contribution in [-0.2, 0) is 0 Å². The standard InChI is InChI=1S/C6H16O2P4/c7-10-2-5-12(4-1-9)6-3-11-8/h10-11H,1-6,9H2/q-2. The molecular weight excluding hydrogens is 228 g/mol. The maximum absolute atomic E-state index is 10.3. The zero-order valence-corrected chi connectivity index (χ0v) is 11.1. The molecule has 0 radical (unpaired) electrons. The summed E-state index contributed by atoms with van der Waals surface area (Å²) in [4.78, 5) is 20.6. The number of hydrogen-bond donors (Lipinski definition) is 0. The predicted octanol–water partition coefficient (Wildman–Crippen LogP) is 0.251. The van der Waals surface area contributed by atoms with E-state index in [0.717, 1.165) is 30.8 Å². The molecule has 0 aliphatic heterocycles. The molecule has 3 unspecified atom stereocenters. The molecule has 3 atom stereocenters. The van der Waals surface area contributed by atoms with Crippen molar-refractivity contribution in [3.63, 3.8) is 0 Å². The Kier molecular flexibility index (Phi) is 12.2. The van der Waals surface area contributed by atoms with E-state index in [2.05, 4.69) is 9.24 Å². The van der Waals surface area contributed by atoms with E-state index in [-0.39, 0.29) is 25.5 Å². The highest BCUT2D eigenvalue weighted by atomic mass is 31.1. The van der Waals surface area contributed by atoms with Crippen molar-refractivity contribution in [3.05, 3.63) is 0 Å². The largest absolute Gasteiger partial charge is 0.832 e. The van der Waals surface area contributed by atoms with Gasteiger partial charge in [0.25, 0.3) is 0 Å². The van der Waals surface area contributed by atoms with Crippen LogP contribution in [0.3, 0.4) is 0 Å². The normalized spacial score (nSPS) is 15.2. The van der Waals surface area contributed by atoms with Gasteiger partial charge in [0, 0.05) is 0 Å². The molecule has 12 heavy (non-hydrogen) atoms. The van der Waals surface area contributed by atoms with E-state index in [1.165, 1.54) is 6.16 Å². The first kappa shape index (κ1) is 13.6. The summed E-state index contributed by atoms with van der Waals surface area (Å²) >= 11 is 0. The van der Waals surface area contributed by atoms with E-state index in [9.17, 15) is 9.79 Å². The molecule has 0 saturated carbocycles. The molecule has 0 N–H and O–H groups in total. The molecule has 0 amide bonds. The van der Waals surface area contributed by atoms with Crippen LogP contribution in [0.25, 0.3) is 0 Å². The second-order valence-corrected chi connectivity index (χ2v) is 7.26. The summed E-state index contributed by atoms with van der Waals surface area (Å²) in [6, 6.07) is 0. The third-order valence-corrected chi connectivity index (χ3v) is 6.63. The Bertz CT molecular complexity index is 85.6. The summed E-state index contributed by atoms with van der Waals surface area (Å²) in [7, 11) is 2.43. The first-order valence-corrected chi connectivity index (χ1v) is 8.92. The van der Waals surface area contributed by atoms with Gasteiger partial charge in [-0.2, -0.15) is 0 Å². The third kappa shape index (κ3) is 8.25. The number of hydrogen-bond acceptors (Lipinski definition) is 2. The summed E-state index contributed by atoms with van der Waals surface area (Å²) in [6.45, 7) is 0. The summed E-state index contributed by atoms with van der Waals surface area (Å²) in [6.07, 6.45) is 6.19. The van der Waals surface area contributed by atoms with Crippen molar-refractivity contribution in [2.45, 2.75) is 0 Å². The van der Waals surface area contributed by atoms with Crippen molar-refractivity contribution in [3.8, 4) is 0 Å². The van der Waals surface area contributed by atoms with Crippen LogP contribution in [0.2, 0.25) is 0 Å². The highest BCUT2D eigenvalue weighted by Crippen LogP contribution is 2.36. The molecule has 0 aromatic heterocycles. The van der Waals surface area contributed by atoms with Crippen molar-refractivity contribution in [2.75, 3.05) is 37.0 Å². The van der Waals surface area contributed by atoms with E-state index in [1.807, 2.05) is 0 Å². The van der Waals surface area contributed by atoms with Gasteiger partial charge in [0.05, 0.1) is 0 Å². The Morgan fingerprint density at radius 3 is 1.83 bits per heavy atom. The van der Waals surface area contributed by atoms with Crippen LogP contribution in [0.5, 0.6) is 0 Å². The summed E-state index contributed by atoms with van der Waals surface area (Å²) < 4.78 is 0. The molecule has 0 heterocycles. The lowest BCUT2D eigenvalue weighted by molar-refractivity contribution is -0.150. The minimum Gasteiger partial charge on any atom is -0.832 e. The molecule has 0 aliphatic carbocycles. The Balaban J connectivity index is 3.40. The third-order valence-electron chi connectivity index (χ3n) is 1.51. The predicted molar refractivity (Wildman–Crippen MR) is 62.5 cm³/mol. The van der Waals surface area contributed by atoms with Crippen LogP contribution in [-0.4, -0.2) is 37.0 Å². The molecule has 2 nitrogen and oxygen atoms in total. The molecule has 0 fully saturated rings. The quantitative estimate of drug-likeness (QED) is 0.574. The van der Waals surface area contributed by atoms with Crippen molar-refractivity contribution in [1.82, 2.24) is 0 Å². The van der Waals surface area contributed by atoms with Gasteiger partial charge < -0.3 is 9.79 Å². The molecular formula is C6H16O2P4-2. The highest BCUT2D eigenvalue weighted by molar-refractivity contribution is 7.59. The van der Waals surface area contributed by atoms with Crippen molar-refractivity contribution >= 4 is 34.8 Å². The molecule has 0 aromatic carbocycles. The molecule has 0 aromatic rings. The minimum atomic E-state index is -0.156. The lowest BCUT2D eigenvalue weighted by Crippen LogP contribution is -2.02. The van der Waals surface area contributed by atoms with Crippen LogP contribution in [0.15, 0.2) is 0 Å². The van der Waals surface area contributed by atoms with Gasteiger partial charge in [-0.05, 0) is 37.0 Å². The first-order chi connectivity index (χ1) is 5.85. The topological polar surface area (TPSA) is 46.1 Å². The van der Waals surface area contributed by atoms with E-state index in [4.69, 9.17) is 0 Å². The van der Waals surface area contributed by atoms with Gasteiger partial charge in [-0.3, -0.25) is 0 Å². The molecule has 0 rings (SSSR count). The van der Waals surface area contributed by atoms with Crippen LogP contribution in [0, 0.1) is 0 Å². The van der Waals surface area contributed by atoms with Crippen molar-refractivity contribution in [1.29, 1.82) is 0 Å². The van der Waals surface area contributed by atoms with Gasteiger partial charge in [0.2, 0.25) is 0 Å². The second-order valence-electron chi connectivity index (χ2n) is 2.42. The Labute approximate surface area is 82.0 Å². The smallest absolute Gasteiger partial charge is 0.0291 e. The van der Waals surface area contributed by atoms with E-state index >= 15 is 0 Å². The zero-order chi connectivity index (χ0) is 9.23. The van der Waals surface area contributed by atoms with Crippen LogP contribution >= 0.6 is 34.8 Å². The zero-order valence-electron chi connectivity index (χ0n) is 7.08. The lowest BCUT2D eigenvalue weighted by atomic mass is 10.9. The molecule has 0 bridgehead atoms. The Morgan fingerprint density at radius 2 is 1.50 bits per heavy atom. The van der Waals surface area contributed by atoms with Crippen molar-refractivity contribution < 1.29 is 9.79 Å². The van der Waals surface area contributed by atoms with E-state index in [0.29, 0.717) is 0 Å². The monoisotopic (exact) mass is 244 g/mol. The molecule has 6 heteroatoms. The fraction of sp³-hybridized carbons (Fsp3) is 1.00. The van der Waals surface area contributed by atoms with Gasteiger partial charge in [-0.25, -0.2) is 17.6 Å². The second kappa shape index (κ2) is 10.7. The minimum absolute atomic E-state index is 0.0205. The maximum atomic E-state index is 10.3. The Hall–Kier alpha value is 1.64. The summed E-state index contributed by atoms with van der Waals surface area (Å²) in [5.41, 5.74) is 0. The molecule has 74 valence electrons. The number of rotatable bonds is 8. The van der Waals surface area contributed by atoms with Gasteiger partial charge in [0.15, 0.2) is 0 Å². The van der Waals surface area contributed by atoms with Gasteiger partial charge >= 0.3 is 0 Å². The van der Waals surface area contributed by atoms with Crippen molar-refractivity contribution in [2.24, 2.45) is 0 Å².